The molecule has 0 aliphatic heterocycles. The maximum atomic E-state index is 13.5. The molecule has 0 spiro atoms. The molecule has 0 aliphatic rings. The number of amides is 1. The number of fused-ring (bicyclic) bond motifs is 1. The lowest BCUT2D eigenvalue weighted by atomic mass is 10.1. The Balaban J connectivity index is 1.65. The van der Waals surface area contributed by atoms with Crippen LogP contribution in [0.4, 0.5) is 14.5 Å². The molecular formula is C21H13ClF2N2O2. The molecule has 28 heavy (non-hydrogen) atoms. The van der Waals surface area contributed by atoms with Gasteiger partial charge in [-0.1, -0.05) is 29.3 Å². The van der Waals surface area contributed by atoms with Gasteiger partial charge in [0.15, 0.2) is 17.2 Å². The molecule has 4 rings (SSSR count). The van der Waals surface area contributed by atoms with Gasteiger partial charge in [-0.15, -0.1) is 0 Å². The maximum Gasteiger partial charge on any atom is 0.255 e. The zero-order chi connectivity index (χ0) is 19.8. The van der Waals surface area contributed by atoms with E-state index in [1.54, 1.807) is 30.3 Å². The molecule has 0 fully saturated rings. The van der Waals surface area contributed by atoms with E-state index >= 15 is 0 Å². The molecule has 1 amide bonds. The highest BCUT2D eigenvalue weighted by Crippen LogP contribution is 2.32. The first-order valence-corrected chi connectivity index (χ1v) is 8.72. The van der Waals surface area contributed by atoms with Crippen molar-refractivity contribution >= 4 is 34.3 Å². The normalized spacial score (nSPS) is 11.0. The van der Waals surface area contributed by atoms with E-state index in [-0.39, 0.29) is 22.4 Å². The largest absolute Gasteiger partial charge is 0.436 e. The van der Waals surface area contributed by atoms with Crippen LogP contribution in [0.3, 0.4) is 0 Å². The Hall–Kier alpha value is -3.25. The van der Waals surface area contributed by atoms with Crippen LogP contribution in [0.2, 0.25) is 5.02 Å². The van der Waals surface area contributed by atoms with Gasteiger partial charge in [-0.2, -0.15) is 0 Å². The second-order valence-corrected chi connectivity index (χ2v) is 6.68. The van der Waals surface area contributed by atoms with E-state index in [0.717, 1.165) is 17.7 Å². The number of carbonyl (C=O) groups is 1. The van der Waals surface area contributed by atoms with Gasteiger partial charge in [0, 0.05) is 11.3 Å². The summed E-state index contributed by atoms with van der Waals surface area (Å²) in [4.78, 5) is 16.7. The van der Waals surface area contributed by atoms with Crippen molar-refractivity contribution in [2.45, 2.75) is 6.92 Å². The van der Waals surface area contributed by atoms with Crippen LogP contribution in [0.25, 0.3) is 22.6 Å². The zero-order valence-corrected chi connectivity index (χ0v) is 15.3. The van der Waals surface area contributed by atoms with Crippen molar-refractivity contribution in [1.29, 1.82) is 0 Å². The molecule has 1 N–H and O–H groups in total. The lowest BCUT2D eigenvalue weighted by molar-refractivity contribution is 0.102. The van der Waals surface area contributed by atoms with E-state index in [4.69, 9.17) is 16.0 Å². The van der Waals surface area contributed by atoms with Crippen molar-refractivity contribution < 1.29 is 18.0 Å². The van der Waals surface area contributed by atoms with E-state index in [1.165, 1.54) is 0 Å². The summed E-state index contributed by atoms with van der Waals surface area (Å²) in [6.07, 6.45) is 0. The monoisotopic (exact) mass is 398 g/mol. The minimum absolute atomic E-state index is 0.0153. The Bertz CT molecular complexity index is 1220. The minimum Gasteiger partial charge on any atom is -0.436 e. The van der Waals surface area contributed by atoms with Crippen molar-refractivity contribution in [1.82, 2.24) is 4.98 Å². The van der Waals surface area contributed by atoms with Crippen LogP contribution in [0.1, 0.15) is 15.9 Å². The molecule has 140 valence electrons. The molecule has 0 bridgehead atoms. The number of rotatable bonds is 3. The smallest absolute Gasteiger partial charge is 0.255 e. The quantitative estimate of drug-likeness (QED) is 0.431. The summed E-state index contributed by atoms with van der Waals surface area (Å²) in [7, 11) is 0. The van der Waals surface area contributed by atoms with Crippen LogP contribution in [0.15, 0.2) is 59.0 Å². The zero-order valence-electron chi connectivity index (χ0n) is 14.6. The summed E-state index contributed by atoms with van der Waals surface area (Å²) < 4.78 is 32.4. The molecule has 0 aliphatic carbocycles. The van der Waals surface area contributed by atoms with Gasteiger partial charge in [0.05, 0.1) is 10.6 Å². The summed E-state index contributed by atoms with van der Waals surface area (Å²) in [5.41, 5.74) is 3.04. The van der Waals surface area contributed by atoms with Gasteiger partial charge >= 0.3 is 0 Å². The van der Waals surface area contributed by atoms with Crippen LogP contribution in [-0.2, 0) is 0 Å². The number of hydrogen-bond donors (Lipinski definition) is 1. The number of aryl methyl sites for hydroxylation is 1. The number of nitrogens with zero attached hydrogens (tertiary/aromatic N) is 1. The third-order valence-electron chi connectivity index (χ3n) is 4.17. The number of carbonyl (C=O) groups excluding carboxylic acids is 1. The number of benzene rings is 3. The van der Waals surface area contributed by atoms with Gasteiger partial charge < -0.3 is 9.73 Å². The average molecular weight is 399 g/mol. The van der Waals surface area contributed by atoms with Gasteiger partial charge in [0.1, 0.15) is 5.52 Å². The highest BCUT2D eigenvalue weighted by atomic mass is 35.5. The SMILES string of the molecule is Cc1cccc(C(=O)Nc2ccc3oc(-c4cc(F)c(F)cc4Cl)nc3c2)c1. The number of anilines is 1. The summed E-state index contributed by atoms with van der Waals surface area (Å²) in [6.45, 7) is 1.91. The molecule has 7 heteroatoms. The Morgan fingerprint density at radius 3 is 2.64 bits per heavy atom. The van der Waals surface area contributed by atoms with Crippen LogP contribution in [-0.4, -0.2) is 10.9 Å². The maximum absolute atomic E-state index is 13.5. The van der Waals surface area contributed by atoms with Gasteiger partial charge in [-0.05, 0) is 49.4 Å². The predicted molar refractivity (Wildman–Crippen MR) is 104 cm³/mol. The first kappa shape index (κ1) is 18.1. The molecule has 1 aromatic heterocycles. The second kappa shape index (κ2) is 7.05. The van der Waals surface area contributed by atoms with Gasteiger partial charge in [0.2, 0.25) is 5.89 Å². The molecule has 0 atom stereocenters. The number of aromatic nitrogens is 1. The summed E-state index contributed by atoms with van der Waals surface area (Å²) in [6, 6.07) is 13.9. The standard InChI is InChI=1S/C21H13ClF2N2O2/c1-11-3-2-4-12(7-11)20(27)25-13-5-6-19-18(8-13)26-21(28-19)14-9-16(23)17(24)10-15(14)22/h2-10H,1H3,(H,25,27). The van der Waals surface area contributed by atoms with E-state index in [2.05, 4.69) is 10.3 Å². The summed E-state index contributed by atoms with van der Waals surface area (Å²) in [5, 5.41) is 2.78. The van der Waals surface area contributed by atoms with Gasteiger partial charge in [-0.3, -0.25) is 4.79 Å². The Labute approximate surface area is 163 Å². The van der Waals surface area contributed by atoms with Crippen molar-refractivity contribution in [3.63, 3.8) is 0 Å². The Morgan fingerprint density at radius 1 is 1.07 bits per heavy atom. The number of halogens is 3. The van der Waals surface area contributed by atoms with Crippen molar-refractivity contribution in [3.05, 3.63) is 82.4 Å². The molecule has 0 saturated carbocycles. The van der Waals surface area contributed by atoms with Crippen LogP contribution in [0.5, 0.6) is 0 Å². The van der Waals surface area contributed by atoms with Crippen LogP contribution in [0, 0.1) is 18.6 Å². The van der Waals surface area contributed by atoms with Gasteiger partial charge in [0.25, 0.3) is 5.91 Å². The topological polar surface area (TPSA) is 55.1 Å². The number of oxazole rings is 1. The first-order valence-electron chi connectivity index (χ1n) is 8.34. The van der Waals surface area contributed by atoms with E-state index < -0.39 is 11.6 Å². The fourth-order valence-electron chi connectivity index (χ4n) is 2.80. The van der Waals surface area contributed by atoms with E-state index in [9.17, 15) is 13.6 Å². The number of nitrogens with one attached hydrogen (secondary N) is 1. The van der Waals surface area contributed by atoms with E-state index in [0.29, 0.717) is 22.4 Å². The lowest BCUT2D eigenvalue weighted by Crippen LogP contribution is -2.11. The number of hydrogen-bond acceptors (Lipinski definition) is 3. The van der Waals surface area contributed by atoms with Crippen molar-refractivity contribution in [2.75, 3.05) is 5.32 Å². The lowest BCUT2D eigenvalue weighted by Gasteiger charge is -2.05. The molecule has 0 unspecified atom stereocenters. The Kier molecular flexibility index (Phi) is 4.57. The highest BCUT2D eigenvalue weighted by molar-refractivity contribution is 6.33. The van der Waals surface area contributed by atoms with Gasteiger partial charge in [-0.25, -0.2) is 13.8 Å². The fourth-order valence-corrected chi connectivity index (χ4v) is 3.03. The molecule has 3 aromatic carbocycles. The molecule has 1 heterocycles. The Morgan fingerprint density at radius 2 is 1.86 bits per heavy atom. The van der Waals surface area contributed by atoms with Crippen LogP contribution < -0.4 is 5.32 Å². The molecule has 0 saturated heterocycles. The molecule has 4 aromatic rings. The minimum atomic E-state index is -1.05. The predicted octanol–water partition coefficient (Wildman–Crippen LogP) is 5.99. The summed E-state index contributed by atoms with van der Waals surface area (Å²) in [5.74, 6) is -2.30. The summed E-state index contributed by atoms with van der Waals surface area (Å²) >= 11 is 5.98. The van der Waals surface area contributed by atoms with Crippen LogP contribution >= 0.6 is 11.6 Å². The first-order chi connectivity index (χ1) is 13.4. The van der Waals surface area contributed by atoms with Crippen molar-refractivity contribution in [2.24, 2.45) is 0 Å². The average Bonchev–Trinajstić information content (AvgIpc) is 3.07. The third kappa shape index (κ3) is 3.46. The van der Waals surface area contributed by atoms with E-state index in [1.807, 2.05) is 19.1 Å². The molecule has 4 nitrogen and oxygen atoms in total. The fraction of sp³-hybridized carbons (Fsp3) is 0.0476. The second-order valence-electron chi connectivity index (χ2n) is 6.27. The highest BCUT2D eigenvalue weighted by Gasteiger charge is 2.16. The molecular weight excluding hydrogens is 386 g/mol. The van der Waals surface area contributed by atoms with Crippen molar-refractivity contribution in [3.8, 4) is 11.5 Å². The third-order valence-corrected chi connectivity index (χ3v) is 4.48. The molecule has 0 radical (unpaired) electrons.